The van der Waals surface area contributed by atoms with Gasteiger partial charge in [-0.25, -0.2) is 0 Å². The van der Waals surface area contributed by atoms with Gasteiger partial charge in [0, 0.05) is 12.6 Å². The van der Waals surface area contributed by atoms with E-state index in [0.717, 1.165) is 26.1 Å². The van der Waals surface area contributed by atoms with E-state index in [1.165, 1.54) is 19.3 Å². The Hall–Kier alpha value is -0.150. The van der Waals surface area contributed by atoms with Crippen LogP contribution in [-0.4, -0.2) is 37.3 Å². The standard InChI is InChI=1S/C10H21FN2/c11-6-3-9-13-8-2-5-10(13)4-1-7-12/h10H,1-9,12H2. The zero-order valence-corrected chi connectivity index (χ0v) is 8.34. The largest absolute Gasteiger partial charge is 0.330 e. The smallest absolute Gasteiger partial charge is 0.0906 e. The van der Waals surface area contributed by atoms with Crippen LogP contribution in [0.2, 0.25) is 0 Å². The predicted octanol–water partition coefficient (Wildman–Crippen LogP) is 1.55. The fourth-order valence-electron chi connectivity index (χ4n) is 2.13. The molecule has 0 bridgehead atoms. The van der Waals surface area contributed by atoms with Crippen molar-refractivity contribution in [2.75, 3.05) is 26.3 Å². The lowest BCUT2D eigenvalue weighted by atomic mass is 10.1. The summed E-state index contributed by atoms with van der Waals surface area (Å²) in [7, 11) is 0. The molecule has 0 aromatic heterocycles. The number of nitrogens with two attached hydrogens (primary N) is 1. The van der Waals surface area contributed by atoms with E-state index in [4.69, 9.17) is 5.73 Å². The molecule has 1 unspecified atom stereocenters. The van der Waals surface area contributed by atoms with Crippen LogP contribution in [0, 0.1) is 0 Å². The maximum Gasteiger partial charge on any atom is 0.0906 e. The fraction of sp³-hybridized carbons (Fsp3) is 1.00. The SMILES string of the molecule is NCCCC1CCCN1CCCF. The third-order valence-electron chi connectivity index (χ3n) is 2.82. The number of halogens is 1. The van der Waals surface area contributed by atoms with Gasteiger partial charge in [-0.15, -0.1) is 0 Å². The van der Waals surface area contributed by atoms with E-state index < -0.39 is 0 Å². The van der Waals surface area contributed by atoms with Crippen LogP contribution in [-0.2, 0) is 0 Å². The highest BCUT2D eigenvalue weighted by molar-refractivity contribution is 4.78. The van der Waals surface area contributed by atoms with Gasteiger partial charge in [0.25, 0.3) is 0 Å². The molecule has 2 N–H and O–H groups in total. The summed E-state index contributed by atoms with van der Waals surface area (Å²) >= 11 is 0. The van der Waals surface area contributed by atoms with Crippen molar-refractivity contribution in [3.63, 3.8) is 0 Å². The van der Waals surface area contributed by atoms with Gasteiger partial charge in [-0.2, -0.15) is 0 Å². The Bertz CT molecular complexity index is 116. The van der Waals surface area contributed by atoms with E-state index in [0.29, 0.717) is 12.5 Å². The van der Waals surface area contributed by atoms with E-state index in [2.05, 4.69) is 4.90 Å². The second-order valence-corrected chi connectivity index (χ2v) is 3.81. The summed E-state index contributed by atoms with van der Waals surface area (Å²) in [5, 5.41) is 0. The highest BCUT2D eigenvalue weighted by Crippen LogP contribution is 2.20. The first-order valence-electron chi connectivity index (χ1n) is 5.38. The molecule has 0 saturated carbocycles. The molecule has 1 aliphatic heterocycles. The van der Waals surface area contributed by atoms with E-state index >= 15 is 0 Å². The molecule has 1 atom stereocenters. The minimum absolute atomic E-state index is 0.180. The molecule has 0 aromatic carbocycles. The maximum absolute atomic E-state index is 12.0. The topological polar surface area (TPSA) is 29.3 Å². The minimum atomic E-state index is -0.180. The zero-order valence-electron chi connectivity index (χ0n) is 8.34. The van der Waals surface area contributed by atoms with Gasteiger partial charge >= 0.3 is 0 Å². The molecule has 0 aromatic rings. The average Bonchev–Trinajstić information content (AvgIpc) is 2.59. The van der Waals surface area contributed by atoms with Crippen molar-refractivity contribution in [3.05, 3.63) is 0 Å². The number of likely N-dealkylation sites (tertiary alicyclic amines) is 1. The van der Waals surface area contributed by atoms with Gasteiger partial charge in [-0.05, 0) is 45.2 Å². The molecular weight excluding hydrogens is 167 g/mol. The van der Waals surface area contributed by atoms with Gasteiger partial charge in [0.2, 0.25) is 0 Å². The Balaban J connectivity index is 2.18. The van der Waals surface area contributed by atoms with Gasteiger partial charge in [0.05, 0.1) is 6.67 Å². The highest BCUT2D eigenvalue weighted by Gasteiger charge is 2.22. The monoisotopic (exact) mass is 188 g/mol. The molecule has 0 spiro atoms. The third-order valence-corrected chi connectivity index (χ3v) is 2.82. The van der Waals surface area contributed by atoms with Gasteiger partial charge in [-0.1, -0.05) is 0 Å². The Morgan fingerprint density at radius 2 is 2.23 bits per heavy atom. The van der Waals surface area contributed by atoms with Crippen LogP contribution in [0.1, 0.15) is 32.1 Å². The number of hydrogen-bond acceptors (Lipinski definition) is 2. The Kier molecular flexibility index (Phi) is 5.32. The van der Waals surface area contributed by atoms with Crippen molar-refractivity contribution in [1.29, 1.82) is 0 Å². The molecular formula is C10H21FN2. The molecule has 1 saturated heterocycles. The summed E-state index contributed by atoms with van der Waals surface area (Å²) in [4.78, 5) is 2.43. The van der Waals surface area contributed by atoms with Crippen molar-refractivity contribution in [2.24, 2.45) is 5.73 Å². The average molecular weight is 188 g/mol. The molecule has 3 heteroatoms. The molecule has 1 rings (SSSR count). The predicted molar refractivity (Wildman–Crippen MR) is 53.5 cm³/mol. The molecule has 0 radical (unpaired) electrons. The quantitative estimate of drug-likeness (QED) is 0.685. The van der Waals surface area contributed by atoms with E-state index in [9.17, 15) is 4.39 Å². The van der Waals surface area contributed by atoms with Crippen LogP contribution in [0.5, 0.6) is 0 Å². The first kappa shape index (κ1) is 10.9. The molecule has 1 heterocycles. The molecule has 2 nitrogen and oxygen atoms in total. The molecule has 1 aliphatic rings. The van der Waals surface area contributed by atoms with Crippen molar-refractivity contribution >= 4 is 0 Å². The van der Waals surface area contributed by atoms with Gasteiger partial charge in [-0.3, -0.25) is 4.39 Å². The van der Waals surface area contributed by atoms with Crippen molar-refractivity contribution in [2.45, 2.75) is 38.1 Å². The summed E-state index contributed by atoms with van der Waals surface area (Å²) in [6.07, 6.45) is 5.56. The number of alkyl halides is 1. The summed E-state index contributed by atoms with van der Waals surface area (Å²) in [6, 6.07) is 0.690. The van der Waals surface area contributed by atoms with Crippen LogP contribution < -0.4 is 5.73 Å². The van der Waals surface area contributed by atoms with Crippen LogP contribution in [0.25, 0.3) is 0 Å². The fourth-order valence-corrected chi connectivity index (χ4v) is 2.13. The van der Waals surface area contributed by atoms with Crippen LogP contribution in [0.4, 0.5) is 4.39 Å². The Morgan fingerprint density at radius 3 is 2.92 bits per heavy atom. The lowest BCUT2D eigenvalue weighted by molar-refractivity contribution is 0.229. The first-order valence-corrected chi connectivity index (χ1v) is 5.38. The number of hydrogen-bond donors (Lipinski definition) is 1. The normalized spacial score (nSPS) is 24.0. The van der Waals surface area contributed by atoms with E-state index in [1.807, 2.05) is 0 Å². The lowest BCUT2D eigenvalue weighted by Gasteiger charge is -2.23. The van der Waals surface area contributed by atoms with Crippen molar-refractivity contribution in [1.82, 2.24) is 4.90 Å². The highest BCUT2D eigenvalue weighted by atomic mass is 19.1. The van der Waals surface area contributed by atoms with Gasteiger partial charge in [0.1, 0.15) is 0 Å². The van der Waals surface area contributed by atoms with Crippen LogP contribution in [0.3, 0.4) is 0 Å². The summed E-state index contributed by atoms with van der Waals surface area (Å²) < 4.78 is 12.0. The first-order chi connectivity index (χ1) is 6.38. The lowest BCUT2D eigenvalue weighted by Crippen LogP contribution is -2.31. The van der Waals surface area contributed by atoms with E-state index in [1.54, 1.807) is 0 Å². The van der Waals surface area contributed by atoms with E-state index in [-0.39, 0.29) is 6.67 Å². The summed E-state index contributed by atoms with van der Waals surface area (Å²) in [5.74, 6) is 0. The molecule has 0 amide bonds. The number of nitrogens with zero attached hydrogens (tertiary/aromatic N) is 1. The Morgan fingerprint density at radius 1 is 1.38 bits per heavy atom. The van der Waals surface area contributed by atoms with Crippen LogP contribution >= 0.6 is 0 Å². The Labute approximate surface area is 80.3 Å². The summed E-state index contributed by atoms with van der Waals surface area (Å²) in [6.45, 7) is 2.70. The minimum Gasteiger partial charge on any atom is -0.330 e. The zero-order chi connectivity index (χ0) is 9.52. The molecule has 1 fully saturated rings. The van der Waals surface area contributed by atoms with Gasteiger partial charge in [0.15, 0.2) is 0 Å². The van der Waals surface area contributed by atoms with Gasteiger partial charge < -0.3 is 10.6 Å². The number of rotatable bonds is 6. The summed E-state index contributed by atoms with van der Waals surface area (Å²) in [5.41, 5.74) is 5.47. The second kappa shape index (κ2) is 6.33. The maximum atomic E-state index is 12.0. The third kappa shape index (κ3) is 3.61. The van der Waals surface area contributed by atoms with Crippen LogP contribution in [0.15, 0.2) is 0 Å². The molecule has 13 heavy (non-hydrogen) atoms. The second-order valence-electron chi connectivity index (χ2n) is 3.81. The molecule has 78 valence electrons. The molecule has 0 aliphatic carbocycles. The van der Waals surface area contributed by atoms with Crippen molar-refractivity contribution in [3.8, 4) is 0 Å². The van der Waals surface area contributed by atoms with Crippen molar-refractivity contribution < 1.29 is 4.39 Å².